The Balaban J connectivity index is 1.02. The standard InChI is InChI=1S/C87H128N22O28S3/c1-11-16-68(119)136-43-109(82(129)69(45(5)12-2)101-79(127)61-18-13-14-30-106(61)8)62(44(3)4)38-63(137-47(7)110)81-100-59(41-138-81)78(126)93-50(34-48-19-25-53(111)26-20-48)33-46(6)72(120)104-105-87(134)135-31-32-139-140-42-60(84(132)133)99-77(125)58(37-67(117)118)98-76(124)57(36-66(115)116)97-74(122)54(17-15-29-91-85(88)89)95-75(123)56(35-65(113)114)94-64(112)28-27-55(83(130)131)96-73(121)49-21-23-51(24-22-49)107(9)40-52-39-92-71-70(108(52)10)80(128)103-86(90)102-71/h19-26,41,44-46,50,52,54-58,60-63,69,85,91,111H,11-18,27-40,42-43,88-89H2,1-10H3,(H,93,126)(H,94,112)(H,95,123)(H,96,121)(H,97,122)(H,98,124)(H,99,125)(H,101,127)(H,104,120)(H,105,134)(H,113,114)(H,115,116)(H,117,118)(H,130,131)(H,132,133)(H4,90,92,102,103,128)/t45?,46-,50+,52?,54-,55-,56-,57-,58-,60-,61+,62+,63+,69-/m0/s1. The van der Waals surface area contributed by atoms with E-state index in [4.69, 9.17) is 31.4 Å². The number of carbonyl (C=O) groups excluding carboxylic acids is 13. The third-order valence-electron chi connectivity index (χ3n) is 22.7. The van der Waals surface area contributed by atoms with E-state index in [0.717, 1.165) is 45.8 Å². The highest BCUT2D eigenvalue weighted by Crippen LogP contribution is 2.34. The molecule has 2 aromatic carbocycles. The van der Waals surface area contributed by atoms with Gasteiger partial charge in [-0.1, -0.05) is 88.1 Å². The molecule has 772 valence electrons. The number of anilines is 4. The fourth-order valence-electron chi connectivity index (χ4n) is 14.9. The smallest absolute Gasteiger partial charge is 0.426 e. The number of hydrazine groups is 1. The summed E-state index contributed by atoms with van der Waals surface area (Å²) in [6.45, 7) is 12.4. The minimum Gasteiger partial charge on any atom is -0.508 e. The number of carboxylic acid groups (broad SMARTS) is 5. The molecule has 11 amide bonds. The summed E-state index contributed by atoms with van der Waals surface area (Å²) in [4.78, 5) is 271. The molecular weight excluding hydrogens is 1900 g/mol. The van der Waals surface area contributed by atoms with Crippen molar-refractivity contribution in [2.75, 3.05) is 93.0 Å². The number of aromatic nitrogens is 3. The van der Waals surface area contributed by atoms with Crippen LogP contribution in [0.25, 0.3) is 0 Å². The first-order chi connectivity index (χ1) is 66.2. The normalized spacial score (nSPS) is 16.0. The zero-order valence-corrected chi connectivity index (χ0v) is 81.7. The average molecular weight is 2030 g/mol. The van der Waals surface area contributed by atoms with E-state index in [9.17, 15) is 117 Å². The number of thiazole rings is 1. The zero-order chi connectivity index (χ0) is 104. The van der Waals surface area contributed by atoms with Crippen LogP contribution in [0.3, 0.4) is 0 Å². The number of carbonyl (C=O) groups is 18. The molecule has 0 saturated carbocycles. The summed E-state index contributed by atoms with van der Waals surface area (Å²) in [6, 6.07) is -3.21. The summed E-state index contributed by atoms with van der Waals surface area (Å²) in [5, 5.41) is 86.0. The second kappa shape index (κ2) is 57.3. The quantitative estimate of drug-likeness (QED) is 0.00675. The van der Waals surface area contributed by atoms with Crippen LogP contribution in [0, 0.1) is 17.8 Å². The molecule has 0 aliphatic carbocycles. The van der Waals surface area contributed by atoms with Crippen molar-refractivity contribution in [2.45, 2.75) is 230 Å². The van der Waals surface area contributed by atoms with Crippen LogP contribution in [-0.4, -0.2) is 307 Å². The number of nitrogen functional groups attached to an aromatic ring is 1. The first-order valence-corrected chi connectivity index (χ1v) is 48.5. The van der Waals surface area contributed by atoms with Crippen molar-refractivity contribution in [1.29, 1.82) is 0 Å². The van der Waals surface area contributed by atoms with Crippen molar-refractivity contribution in [1.82, 2.24) is 83.5 Å². The number of ether oxygens (including phenoxy) is 3. The lowest BCUT2D eigenvalue weighted by molar-refractivity contribution is -0.161. The highest BCUT2D eigenvalue weighted by Gasteiger charge is 2.42. The van der Waals surface area contributed by atoms with Crippen molar-refractivity contribution in [3.05, 3.63) is 86.1 Å². The van der Waals surface area contributed by atoms with Gasteiger partial charge in [0.1, 0.15) is 77.3 Å². The number of aromatic amines is 1. The van der Waals surface area contributed by atoms with E-state index in [1.54, 1.807) is 50.2 Å². The van der Waals surface area contributed by atoms with Gasteiger partial charge in [0.05, 0.1) is 31.3 Å². The number of carboxylic acids is 5. The lowest BCUT2D eigenvalue weighted by Gasteiger charge is -2.39. The number of amides is 11. The van der Waals surface area contributed by atoms with Crippen LogP contribution in [0.15, 0.2) is 58.7 Å². The van der Waals surface area contributed by atoms with Crippen molar-refractivity contribution >= 4 is 163 Å². The van der Waals surface area contributed by atoms with Crippen molar-refractivity contribution in [3.8, 4) is 5.75 Å². The second-order valence-corrected chi connectivity index (χ2v) is 37.6. The molecule has 0 radical (unpaired) electrons. The number of phenols is 1. The summed E-state index contributed by atoms with van der Waals surface area (Å²) in [7, 11) is 7.06. The van der Waals surface area contributed by atoms with Gasteiger partial charge in [-0.15, -0.1) is 11.3 Å². The molecule has 2 unspecified atom stereocenters. The van der Waals surface area contributed by atoms with Gasteiger partial charge in [-0.2, -0.15) is 4.98 Å². The summed E-state index contributed by atoms with van der Waals surface area (Å²) in [5.41, 5.74) is 22.2. The molecule has 53 heteroatoms. The number of likely N-dealkylation sites (N-methyl/N-ethyl adjacent to an activating group) is 3. The summed E-state index contributed by atoms with van der Waals surface area (Å²) >= 11 is 0.986. The highest BCUT2D eigenvalue weighted by molar-refractivity contribution is 8.76. The van der Waals surface area contributed by atoms with E-state index in [-0.39, 0.29) is 108 Å². The van der Waals surface area contributed by atoms with Gasteiger partial charge in [0.25, 0.3) is 17.4 Å². The molecule has 4 heterocycles. The van der Waals surface area contributed by atoms with Gasteiger partial charge in [-0.3, -0.25) is 97.3 Å². The molecule has 2 aromatic heterocycles. The molecule has 0 spiro atoms. The van der Waals surface area contributed by atoms with Gasteiger partial charge >= 0.3 is 47.9 Å². The Morgan fingerprint density at radius 2 is 1.29 bits per heavy atom. The molecule has 4 aromatic rings. The van der Waals surface area contributed by atoms with Gasteiger partial charge in [0, 0.05) is 99.5 Å². The van der Waals surface area contributed by atoms with Crippen molar-refractivity contribution in [3.63, 3.8) is 0 Å². The number of hydrogen-bond acceptors (Lipinski definition) is 36. The van der Waals surface area contributed by atoms with E-state index >= 15 is 4.79 Å². The number of esters is 2. The van der Waals surface area contributed by atoms with Crippen LogP contribution in [-0.2, 0) is 92.5 Å². The average Bonchev–Trinajstić information content (AvgIpc) is 0.944. The number of fused-ring (bicyclic) bond motifs is 1. The number of nitrogens with zero attached hydrogens (tertiary/aromatic N) is 6. The van der Waals surface area contributed by atoms with Gasteiger partial charge in [0.15, 0.2) is 18.7 Å². The molecule has 50 nitrogen and oxygen atoms in total. The number of aliphatic carboxylic acids is 5. The Bertz CT molecular complexity index is 5020. The zero-order valence-electron chi connectivity index (χ0n) is 79.2. The SMILES string of the molecule is CCCC(=O)OCN(C(=O)[C@@H](NC(=O)[C@H]1CCCCN1C)C(C)CC)[C@H](C[C@@H](OC(C)=O)c1nc(C(=O)N[C@@H](Cc2ccc(O)cc2)C[C@H](C)C(=O)NNC(=O)OCCSSC[C@H](NC(=O)[C@H](CC(=O)O)NC(=O)[C@H](CC(=O)O)NC(=O)[C@H](CCCNC(N)N)NC(=O)[C@H](CC(=O)O)NC(=O)CC[C@H](NC(=O)c2ccc(N(C)CC3CNc4nc(N)[nH]c(=O)c4N3C)cc2)C(=O)O)C(=O)O)cs1)C(C)C. The van der Waals surface area contributed by atoms with Crippen LogP contribution < -0.4 is 96.6 Å². The van der Waals surface area contributed by atoms with Crippen LogP contribution in [0.1, 0.15) is 182 Å². The van der Waals surface area contributed by atoms with Crippen molar-refractivity contribution < 1.29 is 131 Å². The maximum absolute atomic E-state index is 15.1. The molecule has 1 saturated heterocycles. The third-order valence-corrected chi connectivity index (χ3v) is 26.1. The maximum atomic E-state index is 15.1. The number of phenolic OH excluding ortho intramolecular Hbond substituents is 1. The number of benzene rings is 2. The molecule has 6 rings (SSSR count). The first-order valence-electron chi connectivity index (χ1n) is 45.2. The number of aromatic hydroxyl groups is 1. The Morgan fingerprint density at radius 3 is 1.86 bits per heavy atom. The molecular formula is C87H128N22O28S3. The predicted molar refractivity (Wildman–Crippen MR) is 510 cm³/mol. The minimum absolute atomic E-state index is 0.00929. The summed E-state index contributed by atoms with van der Waals surface area (Å²) in [5.74, 6) is -21.8. The largest absolute Gasteiger partial charge is 0.508 e. The molecule has 25 N–H and O–H groups in total. The highest BCUT2D eigenvalue weighted by atomic mass is 33.1. The molecule has 0 bridgehead atoms. The Morgan fingerprint density at radius 1 is 0.679 bits per heavy atom. The number of nitrogens with two attached hydrogens (primary N) is 3. The van der Waals surface area contributed by atoms with Gasteiger partial charge in [-0.05, 0) is 125 Å². The molecule has 1 fully saturated rings. The molecule has 14 atom stereocenters. The van der Waals surface area contributed by atoms with E-state index in [1.165, 1.54) is 48.4 Å². The first kappa shape index (κ1) is 115. The number of H-pyrrole nitrogens is 1. The maximum Gasteiger partial charge on any atom is 0.426 e. The van der Waals surface area contributed by atoms with E-state index in [2.05, 4.69) is 73.7 Å². The number of nitrogens with one attached hydrogen (secondary N) is 13. The lowest BCUT2D eigenvalue weighted by Crippen LogP contribution is -2.59. The monoisotopic (exact) mass is 2020 g/mol. The predicted octanol–water partition coefficient (Wildman–Crippen LogP) is -0.283. The van der Waals surface area contributed by atoms with E-state index in [1.807, 2.05) is 49.9 Å². The number of hydrogen-bond donors (Lipinski definition) is 22. The molecule has 140 heavy (non-hydrogen) atoms. The van der Waals surface area contributed by atoms with Crippen molar-refractivity contribution in [2.24, 2.45) is 29.2 Å². The minimum atomic E-state index is -2.22. The summed E-state index contributed by atoms with van der Waals surface area (Å²) < 4.78 is 16.8. The van der Waals surface area contributed by atoms with Gasteiger partial charge in [-0.25, -0.2) is 24.8 Å². The Labute approximate surface area is 817 Å². The lowest BCUT2D eigenvalue weighted by atomic mass is 9.92. The number of likely N-dealkylation sites (tertiary alicyclic amines) is 1. The molecule has 2 aliphatic heterocycles. The number of rotatable bonds is 58. The third kappa shape index (κ3) is 38.2. The second-order valence-electron chi connectivity index (χ2n) is 34.1. The van der Waals surface area contributed by atoms with Crippen LogP contribution >= 0.6 is 32.9 Å². The van der Waals surface area contributed by atoms with Crippen LogP contribution in [0.5, 0.6) is 5.75 Å². The van der Waals surface area contributed by atoms with Gasteiger partial charge in [0.2, 0.25) is 53.2 Å². The van der Waals surface area contributed by atoms with Crippen LogP contribution in [0.4, 0.5) is 27.9 Å². The van der Waals surface area contributed by atoms with E-state index in [0.29, 0.717) is 56.0 Å². The van der Waals surface area contributed by atoms with Gasteiger partial charge < -0.3 is 125 Å². The van der Waals surface area contributed by atoms with Crippen LogP contribution in [0.2, 0.25) is 0 Å². The Kier molecular flexibility index (Phi) is 47.3. The fourth-order valence-corrected chi connectivity index (χ4v) is 17.8. The summed E-state index contributed by atoms with van der Waals surface area (Å²) in [6.07, 6.45) is -5.75. The van der Waals surface area contributed by atoms with E-state index < -0.39 is 236 Å². The Hall–Kier alpha value is -13.3. The topological polar surface area (TPSA) is 750 Å². The number of piperidine rings is 1. The fraction of sp³-hybridized carbons (Fsp3) is 0.575. The molecule has 2 aliphatic rings.